The molecule has 0 aliphatic rings. The van der Waals surface area contributed by atoms with E-state index >= 15 is 0 Å². The molecule has 4 nitrogen and oxygen atoms in total. The Morgan fingerprint density at radius 3 is 2.14 bits per heavy atom. The number of methoxy groups -OCH3 is 1. The average Bonchev–Trinajstić information content (AvgIpc) is 2.49. The van der Waals surface area contributed by atoms with Gasteiger partial charge in [0.1, 0.15) is 0 Å². The third-order valence-electron chi connectivity index (χ3n) is 3.44. The highest BCUT2D eigenvalue weighted by molar-refractivity contribution is 7.75. The zero-order valence-electron chi connectivity index (χ0n) is 14.1. The summed E-state index contributed by atoms with van der Waals surface area (Å²) in [6.45, 7) is 5.96. The second kappa shape index (κ2) is 16.4. The fourth-order valence-electron chi connectivity index (χ4n) is 1.97. The number of hydrogen-bond acceptors (Lipinski definition) is 4. The lowest BCUT2D eigenvalue weighted by atomic mass is 10.1. The molecule has 5 heteroatoms. The molecule has 0 N–H and O–H groups in total. The molecule has 0 amide bonds. The van der Waals surface area contributed by atoms with Crippen molar-refractivity contribution in [2.24, 2.45) is 5.92 Å². The molecule has 0 saturated heterocycles. The number of rotatable bonds is 16. The van der Waals surface area contributed by atoms with Crippen LogP contribution < -0.4 is 0 Å². The maximum atomic E-state index is 11.5. The fraction of sp³-hybridized carbons (Fsp3) is 1.00. The first-order chi connectivity index (χ1) is 10.2. The van der Waals surface area contributed by atoms with Gasteiger partial charge in [0.05, 0.1) is 13.2 Å². The highest BCUT2D eigenvalue weighted by atomic mass is 32.2. The van der Waals surface area contributed by atoms with Crippen LogP contribution in [0, 0.1) is 5.92 Å². The first kappa shape index (κ1) is 21.0. The monoisotopic (exact) mass is 322 g/mol. The Labute approximate surface area is 133 Å². The van der Waals surface area contributed by atoms with Gasteiger partial charge >= 0.3 is 11.4 Å². The van der Waals surface area contributed by atoms with Crippen LogP contribution >= 0.6 is 0 Å². The standard InChI is InChI=1S/C16H34O4S/c1-4-5-6-7-8-9-10-11-13-19-21(17)20-15-16(2)12-14-18-3/h16H,4-15H2,1-3H3. The average molecular weight is 323 g/mol. The van der Waals surface area contributed by atoms with Crippen molar-refractivity contribution in [1.82, 2.24) is 0 Å². The molecule has 21 heavy (non-hydrogen) atoms. The first-order valence-electron chi connectivity index (χ1n) is 8.38. The Morgan fingerprint density at radius 1 is 0.905 bits per heavy atom. The molecule has 0 radical (unpaired) electrons. The van der Waals surface area contributed by atoms with Gasteiger partial charge in [0.2, 0.25) is 0 Å². The first-order valence-corrected chi connectivity index (χ1v) is 9.38. The van der Waals surface area contributed by atoms with E-state index in [0.29, 0.717) is 25.7 Å². The van der Waals surface area contributed by atoms with Gasteiger partial charge in [-0.25, -0.2) is 0 Å². The summed E-state index contributed by atoms with van der Waals surface area (Å²) in [4.78, 5) is 0. The molecule has 128 valence electrons. The Bertz CT molecular complexity index is 236. The Balaban J connectivity index is 3.26. The van der Waals surface area contributed by atoms with Crippen LogP contribution in [0.5, 0.6) is 0 Å². The highest BCUT2D eigenvalue weighted by Gasteiger charge is 2.06. The van der Waals surface area contributed by atoms with Crippen molar-refractivity contribution in [3.8, 4) is 0 Å². The molecular formula is C16H34O4S. The van der Waals surface area contributed by atoms with Crippen LogP contribution in [-0.2, 0) is 24.5 Å². The summed E-state index contributed by atoms with van der Waals surface area (Å²) in [5.74, 6) is 0.334. The van der Waals surface area contributed by atoms with E-state index in [2.05, 4.69) is 13.8 Å². The van der Waals surface area contributed by atoms with Gasteiger partial charge in [-0.3, -0.25) is 8.37 Å². The normalized spacial score (nSPS) is 14.2. The largest absolute Gasteiger partial charge is 0.385 e. The lowest BCUT2D eigenvalue weighted by molar-refractivity contribution is 0.157. The second-order valence-electron chi connectivity index (χ2n) is 5.67. The van der Waals surface area contributed by atoms with Gasteiger partial charge in [0.15, 0.2) is 0 Å². The number of ether oxygens (including phenoxy) is 1. The van der Waals surface area contributed by atoms with Gasteiger partial charge in [0, 0.05) is 13.7 Å². The van der Waals surface area contributed by atoms with Crippen molar-refractivity contribution in [2.45, 2.75) is 71.6 Å². The summed E-state index contributed by atoms with van der Waals surface area (Å²) >= 11 is -1.60. The molecule has 0 bridgehead atoms. The summed E-state index contributed by atoms with van der Waals surface area (Å²) in [5, 5.41) is 0. The Kier molecular flexibility index (Phi) is 16.4. The highest BCUT2D eigenvalue weighted by Crippen LogP contribution is 2.09. The summed E-state index contributed by atoms with van der Waals surface area (Å²) in [7, 11) is 1.68. The molecule has 2 unspecified atom stereocenters. The molecule has 0 rings (SSSR count). The SMILES string of the molecule is CCCCCCCCCCOS(=O)OCC(C)CCOC. The van der Waals surface area contributed by atoms with E-state index in [0.717, 1.165) is 19.3 Å². The minimum atomic E-state index is -1.60. The van der Waals surface area contributed by atoms with Gasteiger partial charge in [-0.15, -0.1) is 0 Å². The van der Waals surface area contributed by atoms with Crippen LogP contribution in [0.15, 0.2) is 0 Å². The van der Waals surface area contributed by atoms with E-state index in [4.69, 9.17) is 13.1 Å². The molecule has 0 aromatic carbocycles. The maximum absolute atomic E-state index is 11.5. The molecule has 0 aromatic rings. The lowest BCUT2D eigenvalue weighted by Gasteiger charge is -2.10. The summed E-state index contributed by atoms with van der Waals surface area (Å²) in [5.41, 5.74) is 0. The van der Waals surface area contributed by atoms with E-state index in [-0.39, 0.29) is 0 Å². The van der Waals surface area contributed by atoms with Crippen LogP contribution in [-0.4, -0.2) is 31.1 Å². The van der Waals surface area contributed by atoms with E-state index in [1.807, 2.05) is 0 Å². The predicted octanol–water partition coefficient (Wildman–Crippen LogP) is 4.41. The molecule has 0 aromatic heterocycles. The smallest absolute Gasteiger partial charge is 0.304 e. The minimum Gasteiger partial charge on any atom is -0.385 e. The van der Waals surface area contributed by atoms with Gasteiger partial charge in [-0.1, -0.05) is 58.8 Å². The van der Waals surface area contributed by atoms with E-state index in [1.54, 1.807) is 7.11 Å². The molecule has 0 heterocycles. The van der Waals surface area contributed by atoms with Crippen LogP contribution in [0.4, 0.5) is 0 Å². The van der Waals surface area contributed by atoms with Crippen molar-refractivity contribution in [2.75, 3.05) is 26.9 Å². The van der Waals surface area contributed by atoms with Gasteiger partial charge in [-0.2, -0.15) is 4.21 Å². The fourth-order valence-corrected chi connectivity index (χ4v) is 2.64. The van der Waals surface area contributed by atoms with E-state index < -0.39 is 11.4 Å². The third-order valence-corrected chi connectivity index (χ3v) is 4.13. The van der Waals surface area contributed by atoms with Gasteiger partial charge < -0.3 is 4.74 Å². The van der Waals surface area contributed by atoms with Crippen LogP contribution in [0.3, 0.4) is 0 Å². The van der Waals surface area contributed by atoms with E-state index in [1.165, 1.54) is 38.5 Å². The van der Waals surface area contributed by atoms with Crippen LogP contribution in [0.2, 0.25) is 0 Å². The van der Waals surface area contributed by atoms with Crippen molar-refractivity contribution in [3.63, 3.8) is 0 Å². The molecule has 0 aliphatic carbocycles. The zero-order valence-corrected chi connectivity index (χ0v) is 14.9. The quantitative estimate of drug-likeness (QED) is 0.395. The molecule has 2 atom stereocenters. The topological polar surface area (TPSA) is 44.8 Å². The van der Waals surface area contributed by atoms with E-state index in [9.17, 15) is 4.21 Å². The molecule has 0 spiro atoms. The molecule has 0 fully saturated rings. The van der Waals surface area contributed by atoms with Gasteiger partial charge in [-0.05, 0) is 18.8 Å². The van der Waals surface area contributed by atoms with Crippen molar-refractivity contribution in [1.29, 1.82) is 0 Å². The zero-order chi connectivity index (χ0) is 15.8. The van der Waals surface area contributed by atoms with Gasteiger partial charge in [0.25, 0.3) is 0 Å². The minimum absolute atomic E-state index is 0.334. The van der Waals surface area contributed by atoms with Crippen LogP contribution in [0.25, 0.3) is 0 Å². The summed E-state index contributed by atoms with van der Waals surface area (Å²) in [6.07, 6.45) is 10.9. The number of unbranched alkanes of at least 4 members (excludes halogenated alkanes) is 7. The van der Waals surface area contributed by atoms with Crippen LogP contribution in [0.1, 0.15) is 71.6 Å². The summed E-state index contributed by atoms with van der Waals surface area (Å²) < 4.78 is 26.8. The lowest BCUT2D eigenvalue weighted by Crippen LogP contribution is -2.12. The van der Waals surface area contributed by atoms with Crippen molar-refractivity contribution < 1.29 is 17.3 Å². The Morgan fingerprint density at radius 2 is 1.52 bits per heavy atom. The third kappa shape index (κ3) is 16.2. The van der Waals surface area contributed by atoms with Crippen molar-refractivity contribution in [3.05, 3.63) is 0 Å². The summed E-state index contributed by atoms with van der Waals surface area (Å²) in [6, 6.07) is 0. The predicted molar refractivity (Wildman–Crippen MR) is 88.3 cm³/mol. The maximum Gasteiger partial charge on any atom is 0.304 e. The molecule has 0 aliphatic heterocycles. The molecular weight excluding hydrogens is 288 g/mol. The van der Waals surface area contributed by atoms with Crippen molar-refractivity contribution >= 4 is 11.4 Å². The second-order valence-corrected chi connectivity index (χ2v) is 6.55. The number of hydrogen-bond donors (Lipinski definition) is 0. The molecule has 0 saturated carbocycles. The Hall–Kier alpha value is 0.0300.